The molecule has 7 nitrogen and oxygen atoms in total. The Hall–Kier alpha value is -2.62. The Bertz CT molecular complexity index is 748. The number of imide groups is 1. The molecule has 0 spiro atoms. The number of urea groups is 1. The van der Waals surface area contributed by atoms with Crippen molar-refractivity contribution in [1.29, 1.82) is 5.26 Å². The Labute approximate surface area is 146 Å². The lowest BCUT2D eigenvalue weighted by molar-refractivity contribution is -0.133. The molecule has 0 radical (unpaired) electrons. The maximum atomic E-state index is 12.8. The van der Waals surface area contributed by atoms with Crippen molar-refractivity contribution in [2.24, 2.45) is 0 Å². The van der Waals surface area contributed by atoms with Gasteiger partial charge in [0, 0.05) is 31.9 Å². The van der Waals surface area contributed by atoms with Crippen LogP contribution >= 0.6 is 0 Å². The van der Waals surface area contributed by atoms with E-state index < -0.39 is 5.54 Å². The number of carbonyl (C=O) groups excluding carboxylic acids is 2. The number of hydrogen-bond donors (Lipinski definition) is 0. The van der Waals surface area contributed by atoms with Crippen molar-refractivity contribution < 1.29 is 9.59 Å². The fraction of sp³-hybridized carbons (Fsp3) is 0.556. The van der Waals surface area contributed by atoms with Crippen molar-refractivity contribution in [1.82, 2.24) is 14.8 Å². The standard InChI is InChI=1S/C18H21N5O2/c1-18-7-2-8-22(18)17(25)23(16(18)24)14-5-9-21(10-6-14)15-4-3-13(11-19)12-20-15/h3-4,12,14H,2,5-10H2,1H3/t18-/m0/s1. The predicted molar refractivity (Wildman–Crippen MR) is 90.8 cm³/mol. The zero-order valence-electron chi connectivity index (χ0n) is 14.3. The maximum Gasteiger partial charge on any atom is 0.327 e. The van der Waals surface area contributed by atoms with Crippen LogP contribution in [0.15, 0.2) is 18.3 Å². The number of amides is 3. The number of rotatable bonds is 2. The topological polar surface area (TPSA) is 80.5 Å². The molecular weight excluding hydrogens is 318 g/mol. The van der Waals surface area contributed by atoms with Gasteiger partial charge in [0.15, 0.2) is 0 Å². The van der Waals surface area contributed by atoms with Gasteiger partial charge in [0.05, 0.1) is 5.56 Å². The van der Waals surface area contributed by atoms with Crippen LogP contribution in [-0.4, -0.2) is 57.9 Å². The smallest absolute Gasteiger partial charge is 0.327 e. The second-order valence-electron chi connectivity index (χ2n) is 7.22. The molecule has 3 amide bonds. The first-order valence-corrected chi connectivity index (χ1v) is 8.81. The Balaban J connectivity index is 1.44. The van der Waals surface area contributed by atoms with Crippen LogP contribution in [0.25, 0.3) is 0 Å². The van der Waals surface area contributed by atoms with E-state index in [1.807, 2.05) is 13.0 Å². The number of aromatic nitrogens is 1. The highest BCUT2D eigenvalue weighted by atomic mass is 16.2. The van der Waals surface area contributed by atoms with Gasteiger partial charge < -0.3 is 9.80 Å². The molecule has 0 aliphatic carbocycles. The van der Waals surface area contributed by atoms with Crippen molar-refractivity contribution in [3.05, 3.63) is 23.9 Å². The molecule has 3 aliphatic heterocycles. The van der Waals surface area contributed by atoms with E-state index in [0.717, 1.165) is 44.6 Å². The number of pyridine rings is 1. The highest BCUT2D eigenvalue weighted by Gasteiger charge is 2.58. The van der Waals surface area contributed by atoms with Crippen LogP contribution in [0.1, 0.15) is 38.2 Å². The third-order valence-electron chi connectivity index (χ3n) is 5.79. The summed E-state index contributed by atoms with van der Waals surface area (Å²) in [6, 6.07) is 5.54. The zero-order chi connectivity index (χ0) is 17.6. The van der Waals surface area contributed by atoms with Gasteiger partial charge in [-0.1, -0.05) is 0 Å². The van der Waals surface area contributed by atoms with Crippen LogP contribution in [-0.2, 0) is 4.79 Å². The highest BCUT2D eigenvalue weighted by molar-refractivity contribution is 6.07. The number of nitriles is 1. The van der Waals surface area contributed by atoms with Crippen molar-refractivity contribution in [2.45, 2.75) is 44.2 Å². The largest absolute Gasteiger partial charge is 0.356 e. The minimum atomic E-state index is -0.622. The zero-order valence-corrected chi connectivity index (χ0v) is 14.3. The normalized spacial score (nSPS) is 27.0. The number of anilines is 1. The molecular formula is C18H21N5O2. The van der Waals surface area contributed by atoms with E-state index >= 15 is 0 Å². The summed E-state index contributed by atoms with van der Waals surface area (Å²) >= 11 is 0. The van der Waals surface area contributed by atoms with Crippen molar-refractivity contribution in [3.63, 3.8) is 0 Å². The quantitative estimate of drug-likeness (QED) is 0.767. The average Bonchev–Trinajstić information content (AvgIpc) is 3.12. The lowest BCUT2D eigenvalue weighted by Gasteiger charge is -2.36. The molecule has 1 aromatic heterocycles. The molecule has 0 unspecified atom stereocenters. The number of carbonyl (C=O) groups is 2. The molecule has 25 heavy (non-hydrogen) atoms. The van der Waals surface area contributed by atoms with Crippen molar-refractivity contribution in [2.75, 3.05) is 24.5 Å². The summed E-state index contributed by atoms with van der Waals surface area (Å²) in [6.07, 6.45) is 4.75. The minimum absolute atomic E-state index is 0.0232. The van der Waals surface area contributed by atoms with Gasteiger partial charge in [-0.15, -0.1) is 0 Å². The van der Waals surface area contributed by atoms with Crippen molar-refractivity contribution >= 4 is 17.8 Å². The lowest BCUT2D eigenvalue weighted by atomic mass is 9.97. The van der Waals surface area contributed by atoms with Crippen LogP contribution in [0.3, 0.4) is 0 Å². The summed E-state index contributed by atoms with van der Waals surface area (Å²) in [7, 11) is 0. The van der Waals surface area contributed by atoms with Gasteiger partial charge in [0.1, 0.15) is 17.4 Å². The fourth-order valence-corrected chi connectivity index (χ4v) is 4.28. The maximum absolute atomic E-state index is 12.8. The van der Waals surface area contributed by atoms with Gasteiger partial charge in [0.25, 0.3) is 5.91 Å². The third-order valence-corrected chi connectivity index (χ3v) is 5.79. The minimum Gasteiger partial charge on any atom is -0.356 e. The molecule has 0 aromatic carbocycles. The molecule has 4 heterocycles. The van der Waals surface area contributed by atoms with Gasteiger partial charge in [0.2, 0.25) is 0 Å². The Morgan fingerprint density at radius 3 is 2.60 bits per heavy atom. The second kappa shape index (κ2) is 5.73. The summed E-state index contributed by atoms with van der Waals surface area (Å²) in [5.41, 5.74) is -0.0798. The van der Waals surface area contributed by atoms with E-state index in [-0.39, 0.29) is 18.0 Å². The monoisotopic (exact) mass is 339 g/mol. The molecule has 1 atom stereocenters. The third kappa shape index (κ3) is 2.36. The molecule has 3 saturated heterocycles. The van der Waals surface area contributed by atoms with Gasteiger partial charge >= 0.3 is 6.03 Å². The molecule has 7 heteroatoms. The molecule has 0 saturated carbocycles. The number of hydrogen-bond acceptors (Lipinski definition) is 5. The van der Waals surface area contributed by atoms with E-state index in [0.29, 0.717) is 12.1 Å². The van der Waals surface area contributed by atoms with Crippen LogP contribution in [0, 0.1) is 11.3 Å². The van der Waals surface area contributed by atoms with Gasteiger partial charge in [-0.25, -0.2) is 9.78 Å². The van der Waals surface area contributed by atoms with Crippen LogP contribution < -0.4 is 4.90 Å². The fourth-order valence-electron chi connectivity index (χ4n) is 4.28. The van der Waals surface area contributed by atoms with E-state index in [1.54, 1.807) is 17.2 Å². The summed E-state index contributed by atoms with van der Waals surface area (Å²) < 4.78 is 0. The summed E-state index contributed by atoms with van der Waals surface area (Å²) in [4.78, 5) is 35.3. The molecule has 4 rings (SSSR count). The lowest BCUT2D eigenvalue weighted by Crippen LogP contribution is -2.49. The molecule has 0 bridgehead atoms. The van der Waals surface area contributed by atoms with E-state index in [9.17, 15) is 9.59 Å². The number of nitrogens with zero attached hydrogens (tertiary/aromatic N) is 5. The van der Waals surface area contributed by atoms with Gasteiger partial charge in [-0.2, -0.15) is 5.26 Å². The summed E-state index contributed by atoms with van der Waals surface area (Å²) in [6.45, 7) is 4.08. The average molecular weight is 339 g/mol. The number of piperidine rings is 1. The summed E-state index contributed by atoms with van der Waals surface area (Å²) in [5, 5.41) is 8.86. The highest BCUT2D eigenvalue weighted by Crippen LogP contribution is 2.39. The molecule has 3 fully saturated rings. The van der Waals surface area contributed by atoms with Crippen LogP contribution in [0.5, 0.6) is 0 Å². The SMILES string of the molecule is C[C@@]12CCCN1C(=O)N(C1CCN(c3ccc(C#N)cn3)CC1)C2=O. The van der Waals surface area contributed by atoms with Gasteiger partial charge in [-0.05, 0) is 44.7 Å². The van der Waals surface area contributed by atoms with E-state index in [4.69, 9.17) is 5.26 Å². The van der Waals surface area contributed by atoms with E-state index in [1.165, 1.54) is 4.90 Å². The first kappa shape index (κ1) is 15.9. The molecule has 3 aliphatic rings. The van der Waals surface area contributed by atoms with Crippen LogP contribution in [0.2, 0.25) is 0 Å². The molecule has 0 N–H and O–H groups in total. The second-order valence-corrected chi connectivity index (χ2v) is 7.22. The predicted octanol–water partition coefficient (Wildman–Crippen LogP) is 1.74. The van der Waals surface area contributed by atoms with Crippen molar-refractivity contribution in [3.8, 4) is 6.07 Å². The first-order valence-electron chi connectivity index (χ1n) is 8.81. The van der Waals surface area contributed by atoms with E-state index in [2.05, 4.69) is 16.0 Å². The Kier molecular flexibility index (Phi) is 3.64. The van der Waals surface area contributed by atoms with Gasteiger partial charge in [-0.3, -0.25) is 9.69 Å². The molecule has 1 aromatic rings. The number of fused-ring (bicyclic) bond motifs is 1. The Morgan fingerprint density at radius 2 is 2.00 bits per heavy atom. The summed E-state index contributed by atoms with van der Waals surface area (Å²) in [5.74, 6) is 0.814. The first-order chi connectivity index (χ1) is 12.0. The molecule has 130 valence electrons. The van der Waals surface area contributed by atoms with Crippen LogP contribution in [0.4, 0.5) is 10.6 Å². The Morgan fingerprint density at radius 1 is 1.24 bits per heavy atom.